The van der Waals surface area contributed by atoms with Crippen LogP contribution in [0.4, 0.5) is 13.2 Å². The highest BCUT2D eigenvalue weighted by Gasteiger charge is 2.38. The molecule has 0 aromatic heterocycles. The molecule has 0 aromatic carbocycles. The first-order valence-electron chi connectivity index (χ1n) is 5.83. The van der Waals surface area contributed by atoms with Gasteiger partial charge in [-0.2, -0.15) is 13.2 Å². The molecule has 1 unspecified atom stereocenters. The van der Waals surface area contributed by atoms with Crippen LogP contribution in [0.1, 0.15) is 6.42 Å². The van der Waals surface area contributed by atoms with Crippen molar-refractivity contribution >= 4 is 11.9 Å². The van der Waals surface area contributed by atoms with Gasteiger partial charge in [0.25, 0.3) is 5.95 Å². The number of methoxy groups -OCH3 is 2. The highest BCUT2D eigenvalue weighted by atomic mass is 19.4. The molecule has 0 fully saturated rings. The third-order valence-electron chi connectivity index (χ3n) is 2.50. The molecule has 0 bridgehead atoms. The zero-order valence-electron chi connectivity index (χ0n) is 11.3. The molecule has 1 aliphatic rings. The van der Waals surface area contributed by atoms with Crippen LogP contribution < -0.4 is 5.32 Å². The van der Waals surface area contributed by atoms with E-state index < -0.39 is 24.2 Å². The van der Waals surface area contributed by atoms with Crippen molar-refractivity contribution in [1.82, 2.24) is 5.32 Å². The van der Waals surface area contributed by atoms with Crippen LogP contribution in [0.3, 0.4) is 0 Å². The second-order valence-electron chi connectivity index (χ2n) is 3.97. The van der Waals surface area contributed by atoms with E-state index in [0.29, 0.717) is 5.57 Å². The van der Waals surface area contributed by atoms with Crippen molar-refractivity contribution < 1.29 is 37.0 Å². The number of hydrogen-bond acceptors (Lipinski definition) is 5. The zero-order chi connectivity index (χ0) is 16.0. The maximum atomic E-state index is 12.0. The number of carbonyl (C=O) groups is 2. The lowest BCUT2D eigenvalue weighted by molar-refractivity contribution is -0.173. The minimum absolute atomic E-state index is 0.0325. The van der Waals surface area contributed by atoms with Gasteiger partial charge in [-0.15, -0.1) is 0 Å². The highest BCUT2D eigenvalue weighted by molar-refractivity contribution is 5.81. The number of rotatable bonds is 5. The van der Waals surface area contributed by atoms with Gasteiger partial charge in [-0.05, 0) is 18.1 Å². The van der Waals surface area contributed by atoms with Crippen LogP contribution in [0.25, 0.3) is 0 Å². The van der Waals surface area contributed by atoms with Crippen LogP contribution in [-0.2, 0) is 23.8 Å². The molecule has 1 aliphatic heterocycles. The second-order valence-corrected chi connectivity index (χ2v) is 3.97. The van der Waals surface area contributed by atoms with Crippen LogP contribution in [0.15, 0.2) is 23.7 Å². The number of halogens is 3. The summed E-state index contributed by atoms with van der Waals surface area (Å²) in [4.78, 5) is 22.0. The Labute approximate surface area is 118 Å². The summed E-state index contributed by atoms with van der Waals surface area (Å²) in [7, 11) is 2.49. The van der Waals surface area contributed by atoms with E-state index in [-0.39, 0.29) is 18.9 Å². The molecule has 9 heteroatoms. The Morgan fingerprint density at radius 3 is 2.57 bits per heavy atom. The van der Waals surface area contributed by atoms with Crippen molar-refractivity contribution in [2.75, 3.05) is 20.8 Å². The number of amides is 1. The minimum Gasteiger partial charge on any atom is -0.469 e. The van der Waals surface area contributed by atoms with Gasteiger partial charge < -0.3 is 19.5 Å². The van der Waals surface area contributed by atoms with Gasteiger partial charge >= 0.3 is 18.1 Å². The van der Waals surface area contributed by atoms with Crippen LogP contribution in [-0.4, -0.2) is 44.9 Å². The maximum Gasteiger partial charge on any atom is 0.471 e. The highest BCUT2D eigenvalue weighted by Crippen LogP contribution is 2.20. The molecule has 0 radical (unpaired) electrons. The fourth-order valence-electron chi connectivity index (χ4n) is 1.50. The number of nitrogens with one attached hydrogen (secondary N) is 1. The first kappa shape index (κ1) is 16.9. The summed E-state index contributed by atoms with van der Waals surface area (Å²) in [6.07, 6.45) is -3.09. The van der Waals surface area contributed by atoms with E-state index in [9.17, 15) is 22.8 Å². The molecular formula is C12H14F3NO5. The van der Waals surface area contributed by atoms with Crippen molar-refractivity contribution in [1.29, 1.82) is 0 Å². The van der Waals surface area contributed by atoms with Crippen LogP contribution in [0.5, 0.6) is 0 Å². The monoisotopic (exact) mass is 309 g/mol. The molecule has 0 saturated carbocycles. The van der Waals surface area contributed by atoms with Crippen molar-refractivity contribution in [3.05, 3.63) is 23.7 Å². The summed E-state index contributed by atoms with van der Waals surface area (Å²) < 4.78 is 50.5. The van der Waals surface area contributed by atoms with Gasteiger partial charge in [-0.3, -0.25) is 4.79 Å². The van der Waals surface area contributed by atoms with E-state index in [4.69, 9.17) is 9.47 Å². The predicted molar refractivity (Wildman–Crippen MR) is 63.7 cm³/mol. The maximum absolute atomic E-state index is 12.0. The normalized spacial score (nSPS) is 18.0. The van der Waals surface area contributed by atoms with E-state index >= 15 is 0 Å². The summed E-state index contributed by atoms with van der Waals surface area (Å²) in [5, 5.41) is 1.73. The first-order valence-corrected chi connectivity index (χ1v) is 5.83. The number of ether oxygens (including phenoxy) is 3. The minimum atomic E-state index is -4.92. The van der Waals surface area contributed by atoms with Crippen molar-refractivity contribution in [2.24, 2.45) is 0 Å². The molecule has 1 atom stereocenters. The molecule has 1 N–H and O–H groups in total. The second kappa shape index (κ2) is 7.00. The summed E-state index contributed by atoms with van der Waals surface area (Å²) in [6.45, 7) is -0.244. The van der Waals surface area contributed by atoms with Gasteiger partial charge in [0.2, 0.25) is 6.10 Å². The van der Waals surface area contributed by atoms with Crippen LogP contribution >= 0.6 is 0 Å². The molecule has 1 rings (SSSR count). The first-order chi connectivity index (χ1) is 9.77. The van der Waals surface area contributed by atoms with Crippen molar-refractivity contribution in [2.45, 2.75) is 18.7 Å². The lowest BCUT2D eigenvalue weighted by Crippen LogP contribution is -2.37. The lowest BCUT2D eigenvalue weighted by Gasteiger charge is -2.20. The summed E-state index contributed by atoms with van der Waals surface area (Å²) >= 11 is 0. The Morgan fingerprint density at radius 2 is 2.05 bits per heavy atom. The lowest BCUT2D eigenvalue weighted by atomic mass is 10.1. The SMILES string of the molecule is COC(=O)C1C=C(CCNC(=O)C(F)(F)F)C=C(OC)O1. The van der Waals surface area contributed by atoms with E-state index in [1.54, 1.807) is 5.32 Å². The van der Waals surface area contributed by atoms with Crippen molar-refractivity contribution in [3.8, 4) is 0 Å². The molecule has 6 nitrogen and oxygen atoms in total. The average molecular weight is 309 g/mol. The molecular weight excluding hydrogens is 295 g/mol. The third-order valence-corrected chi connectivity index (χ3v) is 2.50. The summed E-state index contributed by atoms with van der Waals surface area (Å²) in [6, 6.07) is 0. The van der Waals surface area contributed by atoms with E-state index in [1.807, 2.05) is 0 Å². The van der Waals surface area contributed by atoms with Gasteiger partial charge in [0, 0.05) is 12.6 Å². The molecule has 118 valence electrons. The number of esters is 1. The Balaban J connectivity index is 2.63. The number of carbonyl (C=O) groups excluding carboxylic acids is 2. The van der Waals surface area contributed by atoms with Gasteiger partial charge in [0.05, 0.1) is 14.2 Å². The van der Waals surface area contributed by atoms with Crippen molar-refractivity contribution in [3.63, 3.8) is 0 Å². The van der Waals surface area contributed by atoms with Gasteiger partial charge in [-0.25, -0.2) is 4.79 Å². The largest absolute Gasteiger partial charge is 0.471 e. The quantitative estimate of drug-likeness (QED) is 0.768. The number of alkyl halides is 3. The fraction of sp³-hybridized carbons (Fsp3) is 0.500. The molecule has 21 heavy (non-hydrogen) atoms. The zero-order valence-corrected chi connectivity index (χ0v) is 11.3. The molecule has 0 spiro atoms. The summed E-state index contributed by atoms with van der Waals surface area (Å²) in [5.41, 5.74) is 0.482. The number of hydrogen-bond donors (Lipinski definition) is 1. The molecule has 0 aliphatic carbocycles. The smallest absolute Gasteiger partial charge is 0.469 e. The molecule has 0 aromatic rings. The van der Waals surface area contributed by atoms with Gasteiger partial charge in [-0.1, -0.05) is 0 Å². The molecule has 1 heterocycles. The molecule has 0 saturated heterocycles. The summed E-state index contributed by atoms with van der Waals surface area (Å²) in [5.74, 6) is -2.66. The van der Waals surface area contributed by atoms with Crippen LogP contribution in [0.2, 0.25) is 0 Å². The van der Waals surface area contributed by atoms with E-state index in [1.165, 1.54) is 26.4 Å². The fourth-order valence-corrected chi connectivity index (χ4v) is 1.50. The number of allylic oxidation sites excluding steroid dienone is 1. The van der Waals surface area contributed by atoms with E-state index in [0.717, 1.165) is 0 Å². The Bertz CT molecular complexity index is 470. The van der Waals surface area contributed by atoms with Gasteiger partial charge in [0.15, 0.2) is 0 Å². The van der Waals surface area contributed by atoms with E-state index in [2.05, 4.69) is 4.74 Å². The van der Waals surface area contributed by atoms with Gasteiger partial charge in [0.1, 0.15) is 0 Å². The Kier molecular flexibility index (Phi) is 5.62. The predicted octanol–water partition coefficient (Wildman–Crippen LogP) is 1.04. The molecule has 1 amide bonds. The van der Waals surface area contributed by atoms with Crippen LogP contribution in [0, 0.1) is 0 Å². The Hall–Kier alpha value is -2.19. The topological polar surface area (TPSA) is 73.9 Å². The third kappa shape index (κ3) is 5.01. The Morgan fingerprint density at radius 1 is 1.38 bits per heavy atom. The average Bonchev–Trinajstić information content (AvgIpc) is 2.44. The standard InChI is InChI=1S/C12H14F3NO5/c1-19-9-6-7(5-8(21-9)10(17)20-2)3-4-16-11(18)12(13,14)15/h5-6,8H,3-4H2,1-2H3,(H,16,18).